The molecule has 0 aliphatic heterocycles. The summed E-state index contributed by atoms with van der Waals surface area (Å²) in [6.07, 6.45) is 2.43. The molecule has 1 atom stereocenters. The van der Waals surface area contributed by atoms with Crippen molar-refractivity contribution in [3.8, 4) is 5.75 Å². The third-order valence-corrected chi connectivity index (χ3v) is 3.05. The van der Waals surface area contributed by atoms with Gasteiger partial charge in [-0.1, -0.05) is 28.1 Å². The fraction of sp³-hybridized carbons (Fsp3) is 0.462. The molecule has 3 N–H and O–H groups in total. The molecule has 0 fully saturated rings. The van der Waals surface area contributed by atoms with Gasteiger partial charge < -0.3 is 15.6 Å². The Morgan fingerprint density at radius 2 is 1.95 bits per heavy atom. The highest BCUT2D eigenvalue weighted by atomic mass is 79.9. The lowest BCUT2D eigenvalue weighted by Crippen LogP contribution is -2.32. The van der Waals surface area contributed by atoms with Crippen LogP contribution in [0, 0.1) is 0 Å². The predicted molar refractivity (Wildman–Crippen MR) is 81.5 cm³/mol. The molecular formula is C13H19BrClNO3. The number of unbranched alkanes of at least 4 members (excludes halogenated alkanes) is 1. The highest BCUT2D eigenvalue weighted by molar-refractivity contribution is 9.09. The fourth-order valence-electron chi connectivity index (χ4n) is 1.45. The Labute approximate surface area is 127 Å². The molecule has 0 aliphatic carbocycles. The van der Waals surface area contributed by atoms with Crippen molar-refractivity contribution in [1.82, 2.24) is 0 Å². The lowest BCUT2D eigenvalue weighted by molar-refractivity contribution is -0.138. The lowest BCUT2D eigenvalue weighted by atomic mass is 10.1. The van der Waals surface area contributed by atoms with E-state index in [1.165, 1.54) is 0 Å². The summed E-state index contributed by atoms with van der Waals surface area (Å²) < 4.78 is 5.55. The molecule has 6 heteroatoms. The summed E-state index contributed by atoms with van der Waals surface area (Å²) >= 11 is 3.36. The SMILES string of the molecule is Cl.N[C@@H](Cc1ccc(OCCCCBr)cc1)C(=O)O. The Bertz CT molecular complexity index is 373. The number of ether oxygens (including phenoxy) is 1. The molecule has 0 aliphatic rings. The van der Waals surface area contributed by atoms with E-state index in [0.717, 1.165) is 29.5 Å². The van der Waals surface area contributed by atoms with Crippen LogP contribution in [0.3, 0.4) is 0 Å². The van der Waals surface area contributed by atoms with E-state index in [4.69, 9.17) is 15.6 Å². The van der Waals surface area contributed by atoms with Crippen LogP contribution in [-0.2, 0) is 11.2 Å². The minimum Gasteiger partial charge on any atom is -0.494 e. The van der Waals surface area contributed by atoms with E-state index < -0.39 is 12.0 Å². The molecule has 1 aromatic carbocycles. The molecule has 1 aromatic rings. The highest BCUT2D eigenvalue weighted by Gasteiger charge is 2.11. The summed E-state index contributed by atoms with van der Waals surface area (Å²) in [5.74, 6) is -0.178. The molecule has 0 aromatic heterocycles. The molecule has 0 heterocycles. The smallest absolute Gasteiger partial charge is 0.320 e. The Kier molecular flexibility index (Phi) is 9.65. The minimum absolute atomic E-state index is 0. The first kappa shape index (κ1) is 18.2. The quantitative estimate of drug-likeness (QED) is 0.557. The number of carbonyl (C=O) groups is 1. The maximum absolute atomic E-state index is 10.6. The summed E-state index contributed by atoms with van der Waals surface area (Å²) in [5, 5.41) is 9.70. The number of rotatable bonds is 8. The van der Waals surface area contributed by atoms with Crippen LogP contribution in [-0.4, -0.2) is 29.1 Å². The van der Waals surface area contributed by atoms with Gasteiger partial charge in [0, 0.05) is 5.33 Å². The van der Waals surface area contributed by atoms with Gasteiger partial charge in [0.25, 0.3) is 0 Å². The molecule has 108 valence electrons. The molecule has 0 bridgehead atoms. The third-order valence-electron chi connectivity index (χ3n) is 2.49. The summed E-state index contributed by atoms with van der Waals surface area (Å²) in [4.78, 5) is 10.6. The third kappa shape index (κ3) is 7.40. The van der Waals surface area contributed by atoms with Crippen molar-refractivity contribution in [1.29, 1.82) is 0 Å². The predicted octanol–water partition coefficient (Wildman–Crippen LogP) is 2.62. The first-order chi connectivity index (χ1) is 8.63. The number of nitrogens with two attached hydrogens (primary N) is 1. The van der Waals surface area contributed by atoms with Crippen LogP contribution in [0.5, 0.6) is 5.75 Å². The largest absolute Gasteiger partial charge is 0.494 e. The second kappa shape index (κ2) is 10.1. The number of hydrogen-bond acceptors (Lipinski definition) is 3. The summed E-state index contributed by atoms with van der Waals surface area (Å²) in [6.45, 7) is 0.694. The van der Waals surface area contributed by atoms with Gasteiger partial charge in [-0.05, 0) is 37.0 Å². The average molecular weight is 353 g/mol. The fourth-order valence-corrected chi connectivity index (χ4v) is 1.85. The molecule has 0 radical (unpaired) electrons. The Hall–Kier alpha value is -0.780. The summed E-state index contributed by atoms with van der Waals surface area (Å²) in [6, 6.07) is 6.54. The number of hydrogen-bond donors (Lipinski definition) is 2. The zero-order valence-corrected chi connectivity index (χ0v) is 13.0. The zero-order chi connectivity index (χ0) is 13.4. The lowest BCUT2D eigenvalue weighted by Gasteiger charge is -2.08. The Morgan fingerprint density at radius 1 is 1.32 bits per heavy atom. The van der Waals surface area contributed by atoms with Crippen LogP contribution >= 0.6 is 28.3 Å². The molecule has 0 saturated heterocycles. The monoisotopic (exact) mass is 351 g/mol. The van der Waals surface area contributed by atoms with Gasteiger partial charge in [-0.3, -0.25) is 4.79 Å². The molecule has 19 heavy (non-hydrogen) atoms. The first-order valence-corrected chi connectivity index (χ1v) is 7.01. The van der Waals surface area contributed by atoms with Crippen LogP contribution in [0.25, 0.3) is 0 Å². The summed E-state index contributed by atoms with van der Waals surface area (Å²) in [5.41, 5.74) is 6.37. The number of alkyl halides is 1. The van der Waals surface area contributed by atoms with Gasteiger partial charge in [-0.25, -0.2) is 0 Å². The van der Waals surface area contributed by atoms with Gasteiger partial charge in [-0.2, -0.15) is 0 Å². The van der Waals surface area contributed by atoms with Gasteiger partial charge in [0.05, 0.1) is 6.61 Å². The van der Waals surface area contributed by atoms with Gasteiger partial charge in [0.2, 0.25) is 0 Å². The topological polar surface area (TPSA) is 72.5 Å². The zero-order valence-electron chi connectivity index (χ0n) is 10.5. The molecule has 0 spiro atoms. The summed E-state index contributed by atoms with van der Waals surface area (Å²) in [7, 11) is 0. The van der Waals surface area contributed by atoms with E-state index in [1.807, 2.05) is 24.3 Å². The number of aliphatic carboxylic acids is 1. The van der Waals surface area contributed by atoms with Gasteiger partial charge in [-0.15, -0.1) is 12.4 Å². The van der Waals surface area contributed by atoms with Crippen molar-refractivity contribution in [3.63, 3.8) is 0 Å². The van der Waals surface area contributed by atoms with E-state index >= 15 is 0 Å². The standard InChI is InChI=1S/C13H18BrNO3.ClH/c14-7-1-2-8-18-11-5-3-10(4-6-11)9-12(15)13(16)17;/h3-6,12H,1-2,7-9,15H2,(H,16,17);1H/t12-;/m0./s1. The number of carboxylic acids is 1. The maximum atomic E-state index is 10.6. The van der Waals surface area contributed by atoms with Crippen molar-refractivity contribution >= 4 is 34.3 Å². The van der Waals surface area contributed by atoms with Crippen molar-refractivity contribution in [2.24, 2.45) is 5.73 Å². The molecule has 4 nitrogen and oxygen atoms in total. The highest BCUT2D eigenvalue weighted by Crippen LogP contribution is 2.13. The average Bonchev–Trinajstić information content (AvgIpc) is 2.36. The van der Waals surface area contributed by atoms with Crippen LogP contribution in [0.4, 0.5) is 0 Å². The first-order valence-electron chi connectivity index (χ1n) is 5.89. The van der Waals surface area contributed by atoms with Crippen LogP contribution in [0.15, 0.2) is 24.3 Å². The molecule has 0 amide bonds. The maximum Gasteiger partial charge on any atom is 0.320 e. The van der Waals surface area contributed by atoms with Crippen molar-refractivity contribution in [2.75, 3.05) is 11.9 Å². The van der Waals surface area contributed by atoms with Crippen molar-refractivity contribution < 1.29 is 14.6 Å². The van der Waals surface area contributed by atoms with Crippen LogP contribution < -0.4 is 10.5 Å². The molecular weight excluding hydrogens is 334 g/mol. The van der Waals surface area contributed by atoms with Crippen molar-refractivity contribution in [3.05, 3.63) is 29.8 Å². The van der Waals surface area contributed by atoms with Crippen molar-refractivity contribution in [2.45, 2.75) is 25.3 Å². The Balaban J connectivity index is 0.00000324. The minimum atomic E-state index is -0.981. The molecule has 0 unspecified atom stereocenters. The van der Waals surface area contributed by atoms with E-state index in [1.54, 1.807) is 0 Å². The number of benzene rings is 1. The van der Waals surface area contributed by atoms with E-state index in [-0.39, 0.29) is 12.4 Å². The second-order valence-electron chi connectivity index (χ2n) is 4.04. The van der Waals surface area contributed by atoms with E-state index in [9.17, 15) is 4.79 Å². The number of carboxylic acid groups (broad SMARTS) is 1. The van der Waals surface area contributed by atoms with Gasteiger partial charge in [0.1, 0.15) is 11.8 Å². The normalized spacial score (nSPS) is 11.5. The van der Waals surface area contributed by atoms with Crippen LogP contribution in [0.1, 0.15) is 18.4 Å². The Morgan fingerprint density at radius 3 is 2.47 bits per heavy atom. The second-order valence-corrected chi connectivity index (χ2v) is 4.83. The molecule has 1 rings (SSSR count). The van der Waals surface area contributed by atoms with E-state index in [2.05, 4.69) is 15.9 Å². The van der Waals surface area contributed by atoms with Gasteiger partial charge in [0.15, 0.2) is 0 Å². The van der Waals surface area contributed by atoms with Gasteiger partial charge >= 0.3 is 5.97 Å². The van der Waals surface area contributed by atoms with Crippen LogP contribution in [0.2, 0.25) is 0 Å². The molecule has 0 saturated carbocycles. The number of halogens is 2. The van der Waals surface area contributed by atoms with E-state index in [0.29, 0.717) is 13.0 Å².